The van der Waals surface area contributed by atoms with E-state index < -0.39 is 5.54 Å². The van der Waals surface area contributed by atoms with Crippen molar-refractivity contribution in [2.75, 3.05) is 0 Å². The number of nitrogens with one attached hydrogen (secondary N) is 1. The molecule has 130 valence electrons. The van der Waals surface area contributed by atoms with Crippen molar-refractivity contribution in [3.05, 3.63) is 0 Å². The van der Waals surface area contributed by atoms with E-state index >= 15 is 0 Å². The van der Waals surface area contributed by atoms with Crippen molar-refractivity contribution in [1.29, 1.82) is 5.26 Å². The van der Waals surface area contributed by atoms with Crippen LogP contribution in [-0.2, 0) is 9.59 Å². The lowest BCUT2D eigenvalue weighted by atomic mass is 10.1. The molecule has 0 aromatic carbocycles. The maximum absolute atomic E-state index is 10.4. The molecule has 1 N–H and O–H groups in total. The van der Waals surface area contributed by atoms with Crippen LogP contribution >= 0.6 is 0 Å². The lowest BCUT2D eigenvalue weighted by Crippen LogP contribution is -2.37. The molecule has 0 aliphatic carbocycles. The number of hydrogen-bond donors (Lipinski definition) is 1. The van der Waals surface area contributed by atoms with Crippen molar-refractivity contribution in [2.45, 2.75) is 72.0 Å². The summed E-state index contributed by atoms with van der Waals surface area (Å²) in [7, 11) is 0. The Morgan fingerprint density at radius 2 is 1.39 bits per heavy atom. The molecule has 0 unspecified atom stereocenters. The summed E-state index contributed by atoms with van der Waals surface area (Å²) < 4.78 is 0. The number of azo groups is 1. The molecule has 0 atom stereocenters. The Hall–Kier alpha value is -2.37. The lowest BCUT2D eigenvalue weighted by molar-refractivity contribution is -0.122. The molecule has 0 saturated carbocycles. The zero-order valence-corrected chi connectivity index (χ0v) is 15.2. The predicted molar refractivity (Wildman–Crippen MR) is 86.0 cm³/mol. The van der Waals surface area contributed by atoms with Crippen molar-refractivity contribution in [2.24, 2.45) is 20.7 Å². The second kappa shape index (κ2) is 9.61. The molecule has 0 aromatic rings. The molecule has 0 fully saturated rings. The number of nitriles is 1. The minimum absolute atomic E-state index is 0.0344. The van der Waals surface area contributed by atoms with Crippen molar-refractivity contribution >= 4 is 12.8 Å². The fourth-order valence-electron chi connectivity index (χ4n) is 0.713. The van der Waals surface area contributed by atoms with E-state index in [4.69, 9.17) is 5.26 Å². The summed E-state index contributed by atoms with van der Waals surface area (Å²) in [5.41, 5.74) is 0.721. The Balaban J connectivity index is 0. The van der Waals surface area contributed by atoms with Gasteiger partial charge in [-0.05, 0) is 65.8 Å². The van der Waals surface area contributed by atoms with Crippen LogP contribution in [0.25, 0.3) is 0 Å². The first-order chi connectivity index (χ1) is 10.3. The fraction of sp³-hybridized carbons (Fsp3) is 0.786. The quantitative estimate of drug-likeness (QED) is 0.475. The van der Waals surface area contributed by atoms with Crippen LogP contribution in [-0.4, -0.2) is 34.4 Å². The summed E-state index contributed by atoms with van der Waals surface area (Å²) in [6, 6.07) is 1.84. The Labute approximate surface area is 137 Å². The fourth-order valence-corrected chi connectivity index (χ4v) is 0.713. The van der Waals surface area contributed by atoms with Crippen LogP contribution < -0.4 is 5.43 Å². The lowest BCUT2D eigenvalue weighted by Gasteiger charge is -2.21. The minimum Gasteiger partial charge on any atom is -0.277 e. The Bertz CT molecular complexity index is 449. The standard InChI is InChI=1S/C8H18N2.C6H9N5O2/c1-7(2,3)9-10-8(4,5)6;1-6(2,3-7)11(5-13)10-9-8-4-12/h1-6H3;4-5H,1-2H3,(H,8,10,12). The molecule has 0 radical (unpaired) electrons. The molecule has 0 aliphatic rings. The summed E-state index contributed by atoms with van der Waals surface area (Å²) in [4.78, 5) is 20.2. The van der Waals surface area contributed by atoms with Crippen LogP contribution in [0.4, 0.5) is 0 Å². The maximum Gasteiger partial charge on any atom is 0.232 e. The summed E-state index contributed by atoms with van der Waals surface area (Å²) in [5.74, 6) is 0. The predicted octanol–water partition coefficient (Wildman–Crippen LogP) is 2.81. The van der Waals surface area contributed by atoms with E-state index in [1.54, 1.807) is 0 Å². The second-order valence-corrected chi connectivity index (χ2v) is 7.10. The normalized spacial score (nSPS) is 12.3. The number of nitrogens with zero attached hydrogens (tertiary/aromatic N) is 6. The number of amides is 2. The van der Waals surface area contributed by atoms with Crippen LogP contribution in [0.2, 0.25) is 0 Å². The molecule has 0 aliphatic heterocycles. The topological polar surface area (TPSA) is 123 Å². The zero-order valence-electron chi connectivity index (χ0n) is 15.2. The Morgan fingerprint density at radius 1 is 0.957 bits per heavy atom. The van der Waals surface area contributed by atoms with E-state index in [0.29, 0.717) is 12.8 Å². The largest absolute Gasteiger partial charge is 0.277 e. The van der Waals surface area contributed by atoms with Gasteiger partial charge >= 0.3 is 0 Å². The van der Waals surface area contributed by atoms with E-state index in [9.17, 15) is 9.59 Å². The van der Waals surface area contributed by atoms with Crippen molar-refractivity contribution < 1.29 is 9.59 Å². The summed E-state index contributed by atoms with van der Waals surface area (Å²) >= 11 is 0. The zero-order chi connectivity index (χ0) is 18.7. The molecule has 0 saturated heterocycles. The number of carbonyl (C=O) groups is 2. The molecular formula is C14H27N7O2. The van der Waals surface area contributed by atoms with Gasteiger partial charge in [0.05, 0.1) is 17.1 Å². The molecule has 0 heterocycles. The number of rotatable bonds is 5. The average Bonchev–Trinajstić information content (AvgIpc) is 2.40. The van der Waals surface area contributed by atoms with Gasteiger partial charge in [-0.2, -0.15) is 20.5 Å². The second-order valence-electron chi connectivity index (χ2n) is 7.10. The average molecular weight is 325 g/mol. The first-order valence-electron chi connectivity index (χ1n) is 6.99. The maximum atomic E-state index is 10.4. The van der Waals surface area contributed by atoms with E-state index in [1.807, 2.05) is 53.0 Å². The number of carbonyl (C=O) groups excluding carboxylic acids is 2. The SMILES string of the molecule is CC(C)(C#N)N(C=O)N=NNC=O.CC(C)(C)N=NC(C)(C)C. The molecule has 0 aromatic heterocycles. The molecule has 9 heteroatoms. The Kier molecular flexibility index (Phi) is 9.57. The van der Waals surface area contributed by atoms with Crippen molar-refractivity contribution in [1.82, 2.24) is 10.4 Å². The highest BCUT2D eigenvalue weighted by atomic mass is 16.2. The van der Waals surface area contributed by atoms with Gasteiger partial charge in [0.25, 0.3) is 0 Å². The van der Waals surface area contributed by atoms with Gasteiger partial charge in [-0.1, -0.05) is 0 Å². The van der Waals surface area contributed by atoms with Gasteiger partial charge in [0, 0.05) is 0 Å². The molecule has 0 rings (SSSR count). The van der Waals surface area contributed by atoms with Crippen LogP contribution in [0.15, 0.2) is 20.7 Å². The molecule has 0 bridgehead atoms. The summed E-state index contributed by atoms with van der Waals surface area (Å²) in [6.45, 7) is 15.2. The van der Waals surface area contributed by atoms with E-state index in [0.717, 1.165) is 5.01 Å². The molecule has 23 heavy (non-hydrogen) atoms. The third kappa shape index (κ3) is 14.3. The van der Waals surface area contributed by atoms with E-state index in [2.05, 4.69) is 20.7 Å². The Morgan fingerprint density at radius 3 is 1.65 bits per heavy atom. The smallest absolute Gasteiger partial charge is 0.232 e. The third-order valence-corrected chi connectivity index (χ3v) is 1.85. The molecule has 2 amide bonds. The van der Waals surface area contributed by atoms with Crippen molar-refractivity contribution in [3.63, 3.8) is 0 Å². The highest BCUT2D eigenvalue weighted by Gasteiger charge is 2.25. The van der Waals surface area contributed by atoms with Crippen LogP contribution in [0.5, 0.6) is 0 Å². The van der Waals surface area contributed by atoms with Gasteiger partial charge < -0.3 is 0 Å². The summed E-state index contributed by atoms with van der Waals surface area (Å²) in [6.07, 6.45) is 0.644. The van der Waals surface area contributed by atoms with Gasteiger partial charge in [0.1, 0.15) is 5.54 Å². The third-order valence-electron chi connectivity index (χ3n) is 1.85. The van der Waals surface area contributed by atoms with Gasteiger partial charge in [-0.15, -0.1) is 0 Å². The van der Waals surface area contributed by atoms with Gasteiger partial charge in [-0.25, -0.2) is 5.43 Å². The van der Waals surface area contributed by atoms with Gasteiger partial charge in [0.2, 0.25) is 12.8 Å². The molecule has 9 nitrogen and oxygen atoms in total. The first-order valence-corrected chi connectivity index (χ1v) is 6.99. The first kappa shape index (κ1) is 22.9. The van der Waals surface area contributed by atoms with Crippen LogP contribution in [0.3, 0.4) is 0 Å². The molecular weight excluding hydrogens is 298 g/mol. The van der Waals surface area contributed by atoms with Crippen LogP contribution in [0.1, 0.15) is 55.4 Å². The highest BCUT2D eigenvalue weighted by molar-refractivity contribution is 5.49. The minimum atomic E-state index is -1.09. The van der Waals surface area contributed by atoms with Crippen LogP contribution in [0, 0.1) is 11.3 Å². The summed E-state index contributed by atoms with van der Waals surface area (Å²) in [5, 5.41) is 24.1. The molecule has 0 spiro atoms. The van der Waals surface area contributed by atoms with Crippen molar-refractivity contribution in [3.8, 4) is 6.07 Å². The number of hydrogen-bond acceptors (Lipinski definition) is 7. The highest BCUT2D eigenvalue weighted by Crippen LogP contribution is 2.13. The van der Waals surface area contributed by atoms with Gasteiger partial charge in [-0.3, -0.25) is 9.59 Å². The monoisotopic (exact) mass is 325 g/mol. The van der Waals surface area contributed by atoms with E-state index in [1.165, 1.54) is 13.8 Å². The van der Waals surface area contributed by atoms with E-state index in [-0.39, 0.29) is 11.1 Å². The van der Waals surface area contributed by atoms with Gasteiger partial charge in [0.15, 0.2) is 0 Å².